The first kappa shape index (κ1) is 18.1. The summed E-state index contributed by atoms with van der Waals surface area (Å²) in [4.78, 5) is 0. The summed E-state index contributed by atoms with van der Waals surface area (Å²) >= 11 is 0. The Kier molecular flexibility index (Phi) is 13.6. The largest absolute Gasteiger partial charge is 0.396 e. The topological polar surface area (TPSA) is 44.5 Å². The molecular formula is C14H33NO2Si. The average Bonchev–Trinajstić information content (AvgIpc) is 2.39. The smallest absolute Gasteiger partial charge is 0.324 e. The molecule has 0 aliphatic carbocycles. The summed E-state index contributed by atoms with van der Waals surface area (Å²) in [5, 5.41) is 0. The first-order chi connectivity index (χ1) is 8.79. The number of hydrogen-bond donors (Lipinski definition) is 1. The van der Waals surface area contributed by atoms with Gasteiger partial charge in [0.1, 0.15) is 0 Å². The van der Waals surface area contributed by atoms with Crippen molar-refractivity contribution >= 4 is 9.28 Å². The van der Waals surface area contributed by atoms with Gasteiger partial charge >= 0.3 is 9.28 Å². The fraction of sp³-hybridized carbons (Fsp3) is 1.00. The average molecular weight is 276 g/mol. The molecule has 1 atom stereocenters. The van der Waals surface area contributed by atoms with Gasteiger partial charge in [-0.2, -0.15) is 0 Å². The molecule has 0 fully saturated rings. The molecule has 0 bridgehead atoms. The molecule has 110 valence electrons. The standard InChI is InChI=1S/C14H33NO2Si/c1-4-7-12-16-18(17-13-8-5-2)14(6-3)10-9-11-15/h14,18H,4-13,15H2,1-3H3. The van der Waals surface area contributed by atoms with Crippen molar-refractivity contribution in [3.05, 3.63) is 0 Å². The van der Waals surface area contributed by atoms with Crippen molar-refractivity contribution in [3.8, 4) is 0 Å². The van der Waals surface area contributed by atoms with Crippen LogP contribution >= 0.6 is 0 Å². The van der Waals surface area contributed by atoms with Gasteiger partial charge in [0.15, 0.2) is 0 Å². The van der Waals surface area contributed by atoms with Gasteiger partial charge in [0.05, 0.1) is 0 Å². The van der Waals surface area contributed by atoms with Crippen molar-refractivity contribution in [2.45, 2.75) is 71.3 Å². The third-order valence-electron chi connectivity index (χ3n) is 3.25. The lowest BCUT2D eigenvalue weighted by atomic mass is 10.2. The van der Waals surface area contributed by atoms with Crippen molar-refractivity contribution in [2.24, 2.45) is 5.73 Å². The number of unbranched alkanes of at least 4 members (excludes halogenated alkanes) is 2. The van der Waals surface area contributed by atoms with Gasteiger partial charge < -0.3 is 14.6 Å². The van der Waals surface area contributed by atoms with Gasteiger partial charge in [-0.05, 0) is 37.8 Å². The molecule has 4 heteroatoms. The quantitative estimate of drug-likeness (QED) is 0.414. The van der Waals surface area contributed by atoms with Gasteiger partial charge in [-0.3, -0.25) is 0 Å². The zero-order valence-corrected chi connectivity index (χ0v) is 13.8. The van der Waals surface area contributed by atoms with Crippen LogP contribution in [0.1, 0.15) is 65.7 Å². The van der Waals surface area contributed by atoms with E-state index in [4.69, 9.17) is 14.6 Å². The van der Waals surface area contributed by atoms with Crippen LogP contribution in [0.5, 0.6) is 0 Å². The SMILES string of the molecule is CCCCO[SiH](OCCCC)C(CC)CCCN. The van der Waals surface area contributed by atoms with Crippen molar-refractivity contribution < 1.29 is 8.85 Å². The Labute approximate surface area is 115 Å². The predicted molar refractivity (Wildman–Crippen MR) is 81.2 cm³/mol. The van der Waals surface area contributed by atoms with Crippen LogP contribution in [0.25, 0.3) is 0 Å². The molecule has 0 rings (SSSR count). The van der Waals surface area contributed by atoms with Crippen LogP contribution in [0.4, 0.5) is 0 Å². The highest BCUT2D eigenvalue weighted by Crippen LogP contribution is 2.23. The minimum atomic E-state index is -1.50. The third kappa shape index (κ3) is 9.08. The van der Waals surface area contributed by atoms with Crippen LogP contribution in [0.15, 0.2) is 0 Å². The Morgan fingerprint density at radius 1 is 0.944 bits per heavy atom. The maximum Gasteiger partial charge on any atom is 0.324 e. The van der Waals surface area contributed by atoms with E-state index in [-0.39, 0.29) is 0 Å². The van der Waals surface area contributed by atoms with E-state index in [0.29, 0.717) is 5.54 Å². The molecule has 0 saturated carbocycles. The maximum absolute atomic E-state index is 6.06. The zero-order chi connectivity index (χ0) is 13.6. The molecular weight excluding hydrogens is 242 g/mol. The fourth-order valence-electron chi connectivity index (χ4n) is 1.92. The fourth-order valence-corrected chi connectivity index (χ4v) is 4.25. The number of nitrogens with two attached hydrogens (primary N) is 1. The minimum Gasteiger partial charge on any atom is -0.396 e. The molecule has 18 heavy (non-hydrogen) atoms. The monoisotopic (exact) mass is 275 g/mol. The molecule has 0 spiro atoms. The zero-order valence-electron chi connectivity index (χ0n) is 12.6. The van der Waals surface area contributed by atoms with Crippen LogP contribution in [0, 0.1) is 0 Å². The lowest BCUT2D eigenvalue weighted by Gasteiger charge is -2.24. The van der Waals surface area contributed by atoms with Gasteiger partial charge in [0.25, 0.3) is 0 Å². The Bertz CT molecular complexity index is 160. The van der Waals surface area contributed by atoms with Crippen LogP contribution in [-0.2, 0) is 8.85 Å². The van der Waals surface area contributed by atoms with Crippen LogP contribution < -0.4 is 5.73 Å². The Hall–Kier alpha value is 0.0969. The maximum atomic E-state index is 6.06. The van der Waals surface area contributed by atoms with Gasteiger partial charge in [-0.15, -0.1) is 0 Å². The molecule has 0 aliphatic heterocycles. The molecule has 0 aromatic heterocycles. The lowest BCUT2D eigenvalue weighted by Crippen LogP contribution is -2.30. The molecule has 1 unspecified atom stereocenters. The molecule has 0 saturated heterocycles. The summed E-state index contributed by atoms with van der Waals surface area (Å²) in [5.41, 5.74) is 6.24. The summed E-state index contributed by atoms with van der Waals surface area (Å²) in [7, 11) is -1.50. The molecule has 0 aliphatic rings. The summed E-state index contributed by atoms with van der Waals surface area (Å²) in [6.07, 6.45) is 8.10. The van der Waals surface area contributed by atoms with E-state index < -0.39 is 9.28 Å². The van der Waals surface area contributed by atoms with E-state index in [1.54, 1.807) is 0 Å². The molecule has 0 aromatic carbocycles. The van der Waals surface area contributed by atoms with Gasteiger partial charge in [0.2, 0.25) is 0 Å². The Balaban J connectivity index is 4.11. The normalized spacial score (nSPS) is 13.2. The van der Waals surface area contributed by atoms with Crippen molar-refractivity contribution in [3.63, 3.8) is 0 Å². The van der Waals surface area contributed by atoms with Crippen LogP contribution in [-0.4, -0.2) is 29.0 Å². The van der Waals surface area contributed by atoms with Crippen LogP contribution in [0.2, 0.25) is 5.54 Å². The minimum absolute atomic E-state index is 0.627. The molecule has 0 radical (unpaired) electrons. The molecule has 0 aromatic rings. The van der Waals surface area contributed by atoms with Crippen molar-refractivity contribution in [1.82, 2.24) is 0 Å². The number of rotatable bonds is 13. The van der Waals surface area contributed by atoms with Crippen molar-refractivity contribution in [2.75, 3.05) is 19.8 Å². The second-order valence-corrected chi connectivity index (χ2v) is 7.26. The summed E-state index contributed by atoms with van der Waals surface area (Å²) < 4.78 is 12.1. The van der Waals surface area contributed by atoms with Gasteiger partial charge in [-0.1, -0.05) is 40.0 Å². The second-order valence-electron chi connectivity index (χ2n) is 4.92. The predicted octanol–water partition coefficient (Wildman–Crippen LogP) is 3.36. The van der Waals surface area contributed by atoms with Crippen molar-refractivity contribution in [1.29, 1.82) is 0 Å². The van der Waals surface area contributed by atoms with E-state index >= 15 is 0 Å². The van der Waals surface area contributed by atoms with E-state index in [1.807, 2.05) is 0 Å². The van der Waals surface area contributed by atoms with Gasteiger partial charge in [-0.25, -0.2) is 0 Å². The van der Waals surface area contributed by atoms with Crippen LogP contribution in [0.3, 0.4) is 0 Å². The highest BCUT2D eigenvalue weighted by Gasteiger charge is 2.24. The number of hydrogen-bond acceptors (Lipinski definition) is 3. The summed E-state index contributed by atoms with van der Waals surface area (Å²) in [6, 6.07) is 0. The third-order valence-corrected chi connectivity index (χ3v) is 5.95. The molecule has 0 amide bonds. The first-order valence-corrected chi connectivity index (χ1v) is 9.34. The summed E-state index contributed by atoms with van der Waals surface area (Å²) in [6.45, 7) is 9.17. The first-order valence-electron chi connectivity index (χ1n) is 7.73. The lowest BCUT2D eigenvalue weighted by molar-refractivity contribution is 0.180. The molecule has 2 N–H and O–H groups in total. The summed E-state index contributed by atoms with van der Waals surface area (Å²) in [5.74, 6) is 0. The van der Waals surface area contributed by atoms with E-state index in [1.165, 1.54) is 19.3 Å². The highest BCUT2D eigenvalue weighted by molar-refractivity contribution is 6.46. The molecule has 3 nitrogen and oxygen atoms in total. The van der Waals surface area contributed by atoms with Gasteiger partial charge in [0, 0.05) is 13.2 Å². The second kappa shape index (κ2) is 13.5. The van der Waals surface area contributed by atoms with E-state index in [2.05, 4.69) is 20.8 Å². The van der Waals surface area contributed by atoms with E-state index in [9.17, 15) is 0 Å². The highest BCUT2D eigenvalue weighted by atomic mass is 28.3. The Morgan fingerprint density at radius 2 is 1.50 bits per heavy atom. The Morgan fingerprint density at radius 3 is 1.89 bits per heavy atom. The van der Waals surface area contributed by atoms with E-state index in [0.717, 1.165) is 45.4 Å². The molecule has 0 heterocycles.